The minimum atomic E-state index is -2.81. The Bertz CT molecular complexity index is 316. The van der Waals surface area contributed by atoms with Gasteiger partial charge in [0.15, 0.2) is 0 Å². The van der Waals surface area contributed by atoms with Crippen LogP contribution in [0.15, 0.2) is 0 Å². The van der Waals surface area contributed by atoms with Crippen molar-refractivity contribution in [3.63, 3.8) is 0 Å². The van der Waals surface area contributed by atoms with Gasteiger partial charge in [-0.2, -0.15) is 0 Å². The van der Waals surface area contributed by atoms with Crippen LogP contribution in [0.4, 0.5) is 0 Å². The highest BCUT2D eigenvalue weighted by Gasteiger charge is 2.26. The van der Waals surface area contributed by atoms with Gasteiger partial charge in [0.1, 0.15) is 9.84 Å². The van der Waals surface area contributed by atoms with E-state index in [9.17, 15) is 8.42 Å². The number of piperidine rings is 1. The molecule has 0 aliphatic carbocycles. The summed E-state index contributed by atoms with van der Waals surface area (Å²) in [5, 5.41) is 3.31. The summed E-state index contributed by atoms with van der Waals surface area (Å²) >= 11 is 0. The molecular formula is C12H26N2O2S. The van der Waals surface area contributed by atoms with Crippen LogP contribution < -0.4 is 5.32 Å². The Labute approximate surface area is 106 Å². The molecule has 2 atom stereocenters. The topological polar surface area (TPSA) is 49.4 Å². The van der Waals surface area contributed by atoms with E-state index in [0.717, 1.165) is 19.5 Å². The van der Waals surface area contributed by atoms with Gasteiger partial charge < -0.3 is 5.32 Å². The molecule has 4 nitrogen and oxygen atoms in total. The van der Waals surface area contributed by atoms with Gasteiger partial charge in [0, 0.05) is 18.3 Å². The van der Waals surface area contributed by atoms with Gasteiger partial charge in [-0.05, 0) is 46.3 Å². The smallest absolute Gasteiger partial charge is 0.147 e. The number of nitrogens with zero attached hydrogens (tertiary/aromatic N) is 1. The Morgan fingerprint density at radius 1 is 1.41 bits per heavy atom. The lowest BCUT2D eigenvalue weighted by atomic mass is 9.96. The van der Waals surface area contributed by atoms with Crippen molar-refractivity contribution in [2.24, 2.45) is 0 Å². The molecule has 2 unspecified atom stereocenters. The van der Waals surface area contributed by atoms with Gasteiger partial charge in [0.25, 0.3) is 0 Å². The zero-order valence-corrected chi connectivity index (χ0v) is 12.1. The Hall–Kier alpha value is -0.130. The Kier molecular flexibility index (Phi) is 5.89. The predicted octanol–water partition coefficient (Wildman–Crippen LogP) is 0.884. The number of nitrogens with one attached hydrogen (secondary N) is 1. The van der Waals surface area contributed by atoms with E-state index in [1.165, 1.54) is 25.5 Å². The number of likely N-dealkylation sites (N-methyl/N-ethyl adjacent to an activating group) is 1. The maximum atomic E-state index is 11.1. The zero-order valence-electron chi connectivity index (χ0n) is 11.3. The standard InChI is InChI=1S/C12H26N2O2S/c1-11(13-2)12-7-4-5-8-14(12)9-6-10-17(3,15)16/h11-13H,4-10H2,1-3H3. The van der Waals surface area contributed by atoms with Crippen LogP contribution in [0.5, 0.6) is 0 Å². The average molecular weight is 262 g/mol. The molecule has 1 saturated heterocycles. The van der Waals surface area contributed by atoms with Crippen LogP contribution in [0.3, 0.4) is 0 Å². The van der Waals surface area contributed by atoms with Gasteiger partial charge in [-0.1, -0.05) is 6.42 Å². The second-order valence-electron chi connectivity index (χ2n) is 5.16. The summed E-state index contributed by atoms with van der Waals surface area (Å²) < 4.78 is 22.2. The Balaban J connectivity index is 2.43. The molecule has 1 fully saturated rings. The fourth-order valence-corrected chi connectivity index (χ4v) is 3.24. The molecule has 0 saturated carbocycles. The molecule has 0 aromatic carbocycles. The molecule has 1 rings (SSSR count). The lowest BCUT2D eigenvalue weighted by Crippen LogP contribution is -2.50. The number of rotatable bonds is 6. The van der Waals surface area contributed by atoms with E-state index in [4.69, 9.17) is 0 Å². The number of hydrogen-bond donors (Lipinski definition) is 1. The van der Waals surface area contributed by atoms with Crippen LogP contribution in [0.1, 0.15) is 32.6 Å². The van der Waals surface area contributed by atoms with Gasteiger partial charge in [-0.3, -0.25) is 4.90 Å². The van der Waals surface area contributed by atoms with Crippen molar-refractivity contribution in [3.05, 3.63) is 0 Å². The van der Waals surface area contributed by atoms with Crippen LogP contribution >= 0.6 is 0 Å². The second kappa shape index (κ2) is 6.71. The van der Waals surface area contributed by atoms with E-state index in [2.05, 4.69) is 17.1 Å². The first-order chi connectivity index (χ1) is 7.94. The van der Waals surface area contributed by atoms with Gasteiger partial charge in [-0.15, -0.1) is 0 Å². The molecule has 5 heteroatoms. The average Bonchev–Trinajstić information content (AvgIpc) is 2.27. The highest BCUT2D eigenvalue weighted by molar-refractivity contribution is 7.90. The largest absolute Gasteiger partial charge is 0.316 e. The third-order valence-electron chi connectivity index (χ3n) is 3.66. The molecule has 0 aromatic heterocycles. The second-order valence-corrected chi connectivity index (χ2v) is 7.42. The molecule has 1 N–H and O–H groups in total. The van der Waals surface area contributed by atoms with Gasteiger partial charge in [-0.25, -0.2) is 8.42 Å². The number of likely N-dealkylation sites (tertiary alicyclic amines) is 1. The van der Waals surface area contributed by atoms with E-state index >= 15 is 0 Å². The molecule has 0 bridgehead atoms. The quantitative estimate of drug-likeness (QED) is 0.772. The van der Waals surface area contributed by atoms with Crippen LogP contribution in [0.25, 0.3) is 0 Å². The first-order valence-electron chi connectivity index (χ1n) is 6.53. The minimum Gasteiger partial charge on any atom is -0.316 e. The molecule has 0 spiro atoms. The van der Waals surface area contributed by atoms with E-state index in [-0.39, 0.29) is 0 Å². The van der Waals surface area contributed by atoms with Crippen molar-refractivity contribution in [1.29, 1.82) is 0 Å². The summed E-state index contributed by atoms with van der Waals surface area (Å²) in [4.78, 5) is 2.45. The summed E-state index contributed by atoms with van der Waals surface area (Å²) in [6.07, 6.45) is 5.83. The van der Waals surface area contributed by atoms with Crippen molar-refractivity contribution in [1.82, 2.24) is 10.2 Å². The summed E-state index contributed by atoms with van der Waals surface area (Å²) in [7, 11) is -0.817. The van der Waals surface area contributed by atoms with Crippen molar-refractivity contribution < 1.29 is 8.42 Å². The van der Waals surface area contributed by atoms with Crippen molar-refractivity contribution in [2.75, 3.05) is 32.1 Å². The fourth-order valence-electron chi connectivity index (χ4n) is 2.58. The van der Waals surface area contributed by atoms with E-state index in [1.54, 1.807) is 0 Å². The summed E-state index contributed by atoms with van der Waals surface area (Å²) in [5.74, 6) is 0.310. The summed E-state index contributed by atoms with van der Waals surface area (Å²) in [6, 6.07) is 1.04. The Morgan fingerprint density at radius 2 is 2.12 bits per heavy atom. The third-order valence-corrected chi connectivity index (χ3v) is 4.69. The molecule has 0 amide bonds. The molecular weight excluding hydrogens is 236 g/mol. The summed E-state index contributed by atoms with van der Waals surface area (Å²) in [6.45, 7) is 4.23. The lowest BCUT2D eigenvalue weighted by Gasteiger charge is -2.39. The van der Waals surface area contributed by atoms with Crippen LogP contribution in [-0.2, 0) is 9.84 Å². The highest BCUT2D eigenvalue weighted by Crippen LogP contribution is 2.19. The normalized spacial score (nSPS) is 24.8. The molecule has 17 heavy (non-hydrogen) atoms. The van der Waals surface area contributed by atoms with E-state index in [1.807, 2.05) is 7.05 Å². The third kappa shape index (κ3) is 5.36. The summed E-state index contributed by atoms with van der Waals surface area (Å²) in [5.41, 5.74) is 0. The predicted molar refractivity (Wildman–Crippen MR) is 72.1 cm³/mol. The highest BCUT2D eigenvalue weighted by atomic mass is 32.2. The maximum absolute atomic E-state index is 11.1. The first kappa shape index (κ1) is 14.9. The van der Waals surface area contributed by atoms with Gasteiger partial charge in [0.2, 0.25) is 0 Å². The van der Waals surface area contributed by atoms with Crippen molar-refractivity contribution in [3.8, 4) is 0 Å². The van der Waals surface area contributed by atoms with E-state index in [0.29, 0.717) is 17.8 Å². The van der Waals surface area contributed by atoms with Gasteiger partial charge >= 0.3 is 0 Å². The fraction of sp³-hybridized carbons (Fsp3) is 1.00. The molecule has 0 aromatic rings. The van der Waals surface area contributed by atoms with Crippen molar-refractivity contribution >= 4 is 9.84 Å². The monoisotopic (exact) mass is 262 g/mol. The molecule has 1 aliphatic rings. The molecule has 0 radical (unpaired) electrons. The number of hydrogen-bond acceptors (Lipinski definition) is 4. The zero-order chi connectivity index (χ0) is 12.9. The number of sulfone groups is 1. The maximum Gasteiger partial charge on any atom is 0.147 e. The molecule has 1 heterocycles. The molecule has 1 aliphatic heterocycles. The van der Waals surface area contributed by atoms with Crippen molar-refractivity contribution in [2.45, 2.75) is 44.7 Å². The first-order valence-corrected chi connectivity index (χ1v) is 8.59. The van der Waals surface area contributed by atoms with Crippen LogP contribution in [-0.4, -0.2) is 57.5 Å². The SMILES string of the molecule is CNC(C)C1CCCCN1CCCS(C)(=O)=O. The van der Waals surface area contributed by atoms with E-state index < -0.39 is 9.84 Å². The Morgan fingerprint density at radius 3 is 2.71 bits per heavy atom. The van der Waals surface area contributed by atoms with Gasteiger partial charge in [0.05, 0.1) is 5.75 Å². The lowest BCUT2D eigenvalue weighted by molar-refractivity contribution is 0.122. The van der Waals surface area contributed by atoms with Crippen LogP contribution in [0, 0.1) is 0 Å². The minimum absolute atomic E-state index is 0.310. The molecule has 102 valence electrons. The van der Waals surface area contributed by atoms with Crippen LogP contribution in [0.2, 0.25) is 0 Å².